The van der Waals surface area contributed by atoms with Crippen molar-refractivity contribution in [3.8, 4) is 6.07 Å². The van der Waals surface area contributed by atoms with E-state index in [9.17, 15) is 0 Å². The molecular weight excluding hydrogens is 387 g/mol. The number of unbranched alkanes of at least 4 members (excludes halogenated alkanes) is 8. The van der Waals surface area contributed by atoms with Crippen molar-refractivity contribution >= 4 is 8.30 Å². The molecule has 0 amide bonds. The lowest BCUT2D eigenvalue weighted by molar-refractivity contribution is 0.249. The summed E-state index contributed by atoms with van der Waals surface area (Å²) in [6, 6.07) is 3.22. The van der Waals surface area contributed by atoms with Crippen molar-refractivity contribution in [2.24, 2.45) is 0 Å². The second-order valence-corrected chi connectivity index (χ2v) is 11.0. The minimum atomic E-state index is -0.647. The van der Waals surface area contributed by atoms with Gasteiger partial charge in [-0.2, -0.15) is 5.26 Å². The van der Waals surface area contributed by atoms with Gasteiger partial charge in [0.25, 0.3) is 0 Å². The van der Waals surface area contributed by atoms with Gasteiger partial charge in [0.1, 0.15) is 8.30 Å². The van der Waals surface area contributed by atoms with Crippen LogP contribution in [0.4, 0.5) is 0 Å². The van der Waals surface area contributed by atoms with Crippen LogP contribution >= 0.6 is 8.30 Å². The molecule has 1 aliphatic rings. The highest BCUT2D eigenvalue weighted by molar-refractivity contribution is 7.50. The van der Waals surface area contributed by atoms with E-state index in [1.807, 2.05) is 0 Å². The SMILES string of the molecule is CC(C)N(C(C)C)P(CCC#N)OCCCCCCCCCCCC1=CC=CCC1. The highest BCUT2D eigenvalue weighted by Crippen LogP contribution is 2.45. The first-order valence-corrected chi connectivity index (χ1v) is 13.9. The predicted molar refractivity (Wildman–Crippen MR) is 133 cm³/mol. The quantitative estimate of drug-likeness (QED) is 0.160. The Morgan fingerprint density at radius 2 is 1.57 bits per heavy atom. The zero-order valence-corrected chi connectivity index (χ0v) is 21.1. The molecule has 0 aliphatic heterocycles. The van der Waals surface area contributed by atoms with Gasteiger partial charge in [0.15, 0.2) is 0 Å². The van der Waals surface area contributed by atoms with E-state index in [0.29, 0.717) is 18.5 Å². The van der Waals surface area contributed by atoms with Crippen LogP contribution in [0.15, 0.2) is 23.8 Å². The van der Waals surface area contributed by atoms with Gasteiger partial charge < -0.3 is 4.52 Å². The molecule has 1 atom stereocenters. The van der Waals surface area contributed by atoms with Crippen LogP contribution in [-0.4, -0.2) is 29.5 Å². The molecule has 0 heterocycles. The normalized spacial score (nSPS) is 15.1. The largest absolute Gasteiger partial charge is 0.343 e. The third-order valence-electron chi connectivity index (χ3n) is 5.71. The molecular formula is C26H47N2OP. The Morgan fingerprint density at radius 3 is 2.10 bits per heavy atom. The summed E-state index contributed by atoms with van der Waals surface area (Å²) in [5.41, 5.74) is 1.65. The number of hydrogen-bond donors (Lipinski definition) is 0. The van der Waals surface area contributed by atoms with Crippen LogP contribution in [0, 0.1) is 11.3 Å². The van der Waals surface area contributed by atoms with Crippen LogP contribution in [-0.2, 0) is 4.52 Å². The van der Waals surface area contributed by atoms with Gasteiger partial charge in [-0.1, -0.05) is 68.7 Å². The molecule has 0 saturated carbocycles. The Balaban J connectivity index is 2.01. The molecule has 0 fully saturated rings. The van der Waals surface area contributed by atoms with E-state index >= 15 is 0 Å². The van der Waals surface area contributed by atoms with Gasteiger partial charge in [0.2, 0.25) is 0 Å². The van der Waals surface area contributed by atoms with Crippen molar-refractivity contribution in [3.05, 3.63) is 23.8 Å². The van der Waals surface area contributed by atoms with Gasteiger partial charge in [-0.15, -0.1) is 0 Å². The Labute approximate surface area is 188 Å². The van der Waals surface area contributed by atoms with Gasteiger partial charge in [-0.3, -0.25) is 4.67 Å². The van der Waals surface area contributed by atoms with E-state index in [-0.39, 0.29) is 0 Å². The van der Waals surface area contributed by atoms with Gasteiger partial charge in [0.05, 0.1) is 12.7 Å². The van der Waals surface area contributed by atoms with E-state index in [1.165, 1.54) is 70.6 Å². The molecule has 3 nitrogen and oxygen atoms in total. The molecule has 30 heavy (non-hydrogen) atoms. The van der Waals surface area contributed by atoms with Crippen molar-refractivity contribution in [3.63, 3.8) is 0 Å². The summed E-state index contributed by atoms with van der Waals surface area (Å²) in [4.78, 5) is 0. The summed E-state index contributed by atoms with van der Waals surface area (Å²) in [6.07, 6.45) is 24.2. The average molecular weight is 435 g/mol. The standard InChI is InChI=1S/C26H47N2OP/c1-24(2)28(25(3)4)30(23-17-21-27)29-22-16-11-9-7-5-6-8-10-13-18-26-19-14-12-15-20-26/h12,14,19,24-25H,5-11,13,15-18,20,22-23H2,1-4H3. The zero-order chi connectivity index (χ0) is 22.0. The maximum absolute atomic E-state index is 8.98. The molecule has 0 aromatic rings. The third kappa shape index (κ3) is 12.9. The minimum Gasteiger partial charge on any atom is -0.343 e. The summed E-state index contributed by atoms with van der Waals surface area (Å²) < 4.78 is 8.75. The second-order valence-electron chi connectivity index (χ2n) is 9.11. The van der Waals surface area contributed by atoms with Crippen LogP contribution < -0.4 is 0 Å². The maximum atomic E-state index is 8.98. The summed E-state index contributed by atoms with van der Waals surface area (Å²) in [7, 11) is -0.647. The first-order valence-electron chi connectivity index (χ1n) is 12.5. The molecule has 0 bridgehead atoms. The van der Waals surface area contributed by atoms with Crippen LogP contribution in [0.2, 0.25) is 0 Å². The van der Waals surface area contributed by atoms with E-state index in [4.69, 9.17) is 9.79 Å². The molecule has 0 radical (unpaired) electrons. The van der Waals surface area contributed by atoms with E-state index in [2.05, 4.69) is 56.7 Å². The maximum Gasteiger partial charge on any atom is 0.105 e. The van der Waals surface area contributed by atoms with Crippen LogP contribution in [0.25, 0.3) is 0 Å². The number of nitriles is 1. The lowest BCUT2D eigenvalue weighted by Gasteiger charge is -2.37. The fourth-order valence-electron chi connectivity index (χ4n) is 4.23. The minimum absolute atomic E-state index is 0.464. The highest BCUT2D eigenvalue weighted by Gasteiger charge is 2.24. The van der Waals surface area contributed by atoms with Crippen molar-refractivity contribution in [2.45, 2.75) is 123 Å². The van der Waals surface area contributed by atoms with E-state index in [0.717, 1.165) is 19.2 Å². The average Bonchev–Trinajstić information content (AvgIpc) is 2.72. The monoisotopic (exact) mass is 434 g/mol. The summed E-state index contributed by atoms with van der Waals surface area (Å²) in [5, 5.41) is 8.98. The fourth-order valence-corrected chi connectivity index (χ4v) is 6.38. The molecule has 1 rings (SSSR count). The Morgan fingerprint density at radius 1 is 0.967 bits per heavy atom. The van der Waals surface area contributed by atoms with E-state index < -0.39 is 8.30 Å². The Kier molecular flexibility index (Phi) is 16.4. The van der Waals surface area contributed by atoms with Crippen molar-refractivity contribution in [1.29, 1.82) is 5.26 Å². The molecule has 4 heteroatoms. The van der Waals surface area contributed by atoms with Gasteiger partial charge >= 0.3 is 0 Å². The molecule has 0 saturated heterocycles. The molecule has 0 N–H and O–H groups in total. The first-order chi connectivity index (χ1) is 14.6. The summed E-state index contributed by atoms with van der Waals surface area (Å²) in [6.45, 7) is 9.77. The summed E-state index contributed by atoms with van der Waals surface area (Å²) in [5.74, 6) is 0. The molecule has 0 aromatic carbocycles. The van der Waals surface area contributed by atoms with Crippen molar-refractivity contribution in [2.75, 3.05) is 12.8 Å². The number of rotatable bonds is 18. The van der Waals surface area contributed by atoms with E-state index in [1.54, 1.807) is 5.57 Å². The second kappa shape index (κ2) is 17.9. The molecule has 0 spiro atoms. The topological polar surface area (TPSA) is 36.3 Å². The highest BCUT2D eigenvalue weighted by atomic mass is 31.2. The molecule has 1 unspecified atom stereocenters. The first kappa shape index (κ1) is 27.4. The summed E-state index contributed by atoms with van der Waals surface area (Å²) >= 11 is 0. The van der Waals surface area contributed by atoms with Crippen LogP contribution in [0.3, 0.4) is 0 Å². The number of hydrogen-bond acceptors (Lipinski definition) is 3. The lowest BCUT2D eigenvalue weighted by atomic mass is 9.98. The predicted octanol–water partition coefficient (Wildman–Crippen LogP) is 8.52. The smallest absolute Gasteiger partial charge is 0.105 e. The fraction of sp³-hybridized carbons (Fsp3) is 0.808. The van der Waals surface area contributed by atoms with Crippen molar-refractivity contribution < 1.29 is 4.52 Å². The van der Waals surface area contributed by atoms with Crippen LogP contribution in [0.1, 0.15) is 111 Å². The lowest BCUT2D eigenvalue weighted by Crippen LogP contribution is -2.33. The molecule has 1 aliphatic carbocycles. The van der Waals surface area contributed by atoms with Gasteiger partial charge in [-0.25, -0.2) is 0 Å². The zero-order valence-electron chi connectivity index (χ0n) is 20.2. The van der Waals surface area contributed by atoms with Gasteiger partial charge in [0, 0.05) is 24.7 Å². The Hall–Kier alpha value is -0.680. The van der Waals surface area contributed by atoms with Crippen LogP contribution in [0.5, 0.6) is 0 Å². The number of allylic oxidation sites excluding steroid dienone is 4. The third-order valence-corrected chi connectivity index (χ3v) is 8.24. The molecule has 172 valence electrons. The van der Waals surface area contributed by atoms with Gasteiger partial charge in [-0.05, 0) is 59.8 Å². The van der Waals surface area contributed by atoms with Crippen molar-refractivity contribution in [1.82, 2.24) is 4.67 Å². The Bertz CT molecular complexity index is 514. The number of nitrogens with zero attached hydrogens (tertiary/aromatic N) is 2. The molecule has 0 aromatic heterocycles.